The van der Waals surface area contributed by atoms with E-state index in [2.05, 4.69) is 6.58 Å². The molecule has 0 bridgehead atoms. The number of rotatable bonds is 1. The van der Waals surface area contributed by atoms with E-state index in [0.29, 0.717) is 0 Å². The molecule has 0 saturated carbocycles. The van der Waals surface area contributed by atoms with E-state index in [-0.39, 0.29) is 34.1 Å². The van der Waals surface area contributed by atoms with Gasteiger partial charge in [-0.05, 0) is 24.5 Å². The topological polar surface area (TPSA) is 9.23 Å². The van der Waals surface area contributed by atoms with Gasteiger partial charge in [-0.1, -0.05) is 20.4 Å². The average molecular weight is 254 g/mol. The summed E-state index contributed by atoms with van der Waals surface area (Å²) in [6, 6.07) is 1.11. The summed E-state index contributed by atoms with van der Waals surface area (Å²) in [7, 11) is 0. The van der Waals surface area contributed by atoms with Gasteiger partial charge in [0.25, 0.3) is 0 Å². The Labute approximate surface area is 104 Å². The van der Waals surface area contributed by atoms with Crippen LogP contribution in [-0.4, -0.2) is 0 Å². The van der Waals surface area contributed by atoms with Crippen LogP contribution in [0.1, 0.15) is 37.8 Å². The lowest BCUT2D eigenvalue weighted by Gasteiger charge is -2.22. The smallest absolute Gasteiger partial charge is 0.172 e. The molecule has 1 heterocycles. The maximum atomic E-state index is 14.2. The first-order chi connectivity index (χ1) is 8.34. The molecule has 0 aromatic heterocycles. The second-order valence-electron chi connectivity index (χ2n) is 4.58. The van der Waals surface area contributed by atoms with E-state index >= 15 is 0 Å². The van der Waals surface area contributed by atoms with Crippen molar-refractivity contribution in [2.45, 2.75) is 26.7 Å². The maximum absolute atomic E-state index is 14.2. The van der Waals surface area contributed by atoms with E-state index in [9.17, 15) is 13.2 Å². The van der Waals surface area contributed by atoms with Gasteiger partial charge in [0.1, 0.15) is 5.82 Å². The second kappa shape index (κ2) is 4.19. The van der Waals surface area contributed by atoms with Crippen LogP contribution in [0.25, 0.3) is 5.57 Å². The van der Waals surface area contributed by atoms with Gasteiger partial charge >= 0.3 is 0 Å². The van der Waals surface area contributed by atoms with Gasteiger partial charge < -0.3 is 4.74 Å². The van der Waals surface area contributed by atoms with Crippen molar-refractivity contribution in [3.63, 3.8) is 0 Å². The summed E-state index contributed by atoms with van der Waals surface area (Å²) in [5, 5.41) is 0. The summed E-state index contributed by atoms with van der Waals surface area (Å²) in [6.45, 7) is 8.16. The average Bonchev–Trinajstić information content (AvgIpc) is 2.28. The van der Waals surface area contributed by atoms with Gasteiger partial charge in [0.15, 0.2) is 23.2 Å². The standard InChI is InChI=1S/C14H13F3O/c1-6(2)11-10(15)5-9-7(3)12(16)8(4)18-14(9)13(11)17/h5-6H,4H2,1-3H3. The van der Waals surface area contributed by atoms with Crippen LogP contribution < -0.4 is 4.74 Å². The number of halogens is 3. The lowest BCUT2D eigenvalue weighted by atomic mass is 9.95. The molecule has 0 fully saturated rings. The van der Waals surface area contributed by atoms with Crippen LogP contribution in [0.4, 0.5) is 13.2 Å². The zero-order valence-corrected chi connectivity index (χ0v) is 10.4. The van der Waals surface area contributed by atoms with E-state index in [0.717, 1.165) is 6.07 Å². The minimum absolute atomic E-state index is 0.0586. The molecule has 0 radical (unpaired) electrons. The van der Waals surface area contributed by atoms with Crippen LogP contribution in [0.3, 0.4) is 0 Å². The molecule has 0 spiro atoms. The number of hydrogen-bond acceptors (Lipinski definition) is 1. The van der Waals surface area contributed by atoms with Crippen molar-refractivity contribution in [2.75, 3.05) is 0 Å². The number of hydrogen-bond donors (Lipinski definition) is 0. The van der Waals surface area contributed by atoms with Crippen LogP contribution >= 0.6 is 0 Å². The molecule has 1 aliphatic rings. The van der Waals surface area contributed by atoms with E-state index in [1.54, 1.807) is 13.8 Å². The van der Waals surface area contributed by atoms with Crippen molar-refractivity contribution in [1.82, 2.24) is 0 Å². The Morgan fingerprint density at radius 3 is 2.39 bits per heavy atom. The van der Waals surface area contributed by atoms with E-state index in [4.69, 9.17) is 4.74 Å². The molecule has 0 saturated heterocycles. The Balaban J connectivity index is 2.77. The Hall–Kier alpha value is -1.71. The Morgan fingerprint density at radius 1 is 1.22 bits per heavy atom. The van der Waals surface area contributed by atoms with E-state index in [1.165, 1.54) is 6.92 Å². The van der Waals surface area contributed by atoms with Gasteiger partial charge in [-0.25, -0.2) is 13.2 Å². The van der Waals surface area contributed by atoms with Crippen LogP contribution in [0, 0.1) is 11.6 Å². The molecule has 1 aromatic carbocycles. The van der Waals surface area contributed by atoms with Crippen molar-refractivity contribution in [3.8, 4) is 5.75 Å². The molecule has 0 N–H and O–H groups in total. The minimum Gasteiger partial charge on any atom is -0.451 e. The molecule has 1 aliphatic heterocycles. The zero-order chi connectivity index (χ0) is 13.6. The molecule has 0 amide bonds. The second-order valence-corrected chi connectivity index (χ2v) is 4.58. The lowest BCUT2D eigenvalue weighted by Crippen LogP contribution is -2.10. The maximum Gasteiger partial charge on any atom is 0.172 e. The largest absolute Gasteiger partial charge is 0.451 e. The van der Waals surface area contributed by atoms with Gasteiger partial charge in [0.2, 0.25) is 0 Å². The number of fused-ring (bicyclic) bond motifs is 1. The number of benzene rings is 1. The molecular formula is C14H13F3O. The summed E-state index contributed by atoms with van der Waals surface area (Å²) in [4.78, 5) is 0. The molecule has 0 unspecified atom stereocenters. The molecule has 4 heteroatoms. The van der Waals surface area contributed by atoms with Crippen molar-refractivity contribution >= 4 is 5.57 Å². The SMILES string of the molecule is C=C1Oc2c(cc(F)c(C(C)C)c2F)C(C)=C1F. The fourth-order valence-corrected chi connectivity index (χ4v) is 2.02. The molecule has 1 aromatic rings. The molecular weight excluding hydrogens is 241 g/mol. The predicted molar refractivity (Wildman–Crippen MR) is 63.9 cm³/mol. The fourth-order valence-electron chi connectivity index (χ4n) is 2.02. The molecule has 96 valence electrons. The third-order valence-electron chi connectivity index (χ3n) is 2.99. The molecule has 0 aliphatic carbocycles. The van der Waals surface area contributed by atoms with Crippen LogP contribution in [0.2, 0.25) is 0 Å². The van der Waals surface area contributed by atoms with Gasteiger partial charge in [-0.3, -0.25) is 0 Å². The highest BCUT2D eigenvalue weighted by Gasteiger charge is 2.28. The van der Waals surface area contributed by atoms with Gasteiger partial charge in [-0.15, -0.1) is 0 Å². The number of allylic oxidation sites excluding steroid dienone is 2. The zero-order valence-electron chi connectivity index (χ0n) is 10.4. The van der Waals surface area contributed by atoms with E-state index < -0.39 is 17.5 Å². The number of ether oxygens (including phenoxy) is 1. The summed E-state index contributed by atoms with van der Waals surface area (Å²) in [5.41, 5.74) is 0.172. The summed E-state index contributed by atoms with van der Waals surface area (Å²) in [6.07, 6.45) is 0. The minimum atomic E-state index is -0.784. The molecule has 0 atom stereocenters. The predicted octanol–water partition coefficient (Wildman–Crippen LogP) is 4.69. The van der Waals surface area contributed by atoms with E-state index in [1.807, 2.05) is 0 Å². The van der Waals surface area contributed by atoms with Gasteiger partial charge in [-0.2, -0.15) is 0 Å². The third-order valence-corrected chi connectivity index (χ3v) is 2.99. The lowest BCUT2D eigenvalue weighted by molar-refractivity contribution is 0.368. The fraction of sp³-hybridized carbons (Fsp3) is 0.286. The molecule has 1 nitrogen and oxygen atoms in total. The molecule has 18 heavy (non-hydrogen) atoms. The summed E-state index contributed by atoms with van der Waals surface area (Å²) in [5.74, 6) is -2.89. The Morgan fingerprint density at radius 2 is 1.83 bits per heavy atom. The highest BCUT2D eigenvalue weighted by Crippen LogP contribution is 2.42. The van der Waals surface area contributed by atoms with Crippen molar-refractivity contribution < 1.29 is 17.9 Å². The Bertz CT molecular complexity index is 571. The first kappa shape index (κ1) is 12.7. The first-order valence-electron chi connectivity index (χ1n) is 5.60. The Kier molecular flexibility index (Phi) is 2.97. The highest BCUT2D eigenvalue weighted by molar-refractivity contribution is 5.76. The van der Waals surface area contributed by atoms with Crippen molar-refractivity contribution in [2.24, 2.45) is 0 Å². The highest BCUT2D eigenvalue weighted by atomic mass is 19.1. The summed E-state index contributed by atoms with van der Waals surface area (Å²) >= 11 is 0. The van der Waals surface area contributed by atoms with Crippen molar-refractivity contribution in [1.29, 1.82) is 0 Å². The van der Waals surface area contributed by atoms with Crippen LogP contribution in [0.15, 0.2) is 24.2 Å². The quantitative estimate of drug-likeness (QED) is 0.706. The van der Waals surface area contributed by atoms with Gasteiger partial charge in [0.05, 0.1) is 0 Å². The van der Waals surface area contributed by atoms with Crippen molar-refractivity contribution in [3.05, 3.63) is 47.0 Å². The van der Waals surface area contributed by atoms with Crippen LogP contribution in [-0.2, 0) is 0 Å². The normalized spacial score (nSPS) is 14.9. The van der Waals surface area contributed by atoms with Crippen LogP contribution in [0.5, 0.6) is 5.75 Å². The summed E-state index contributed by atoms with van der Waals surface area (Å²) < 4.78 is 46.6. The first-order valence-corrected chi connectivity index (χ1v) is 5.60. The van der Waals surface area contributed by atoms with Gasteiger partial charge in [0, 0.05) is 11.1 Å². The molecule has 2 rings (SSSR count). The third kappa shape index (κ3) is 1.72. The monoisotopic (exact) mass is 254 g/mol.